The van der Waals surface area contributed by atoms with Gasteiger partial charge in [0.1, 0.15) is 0 Å². The molecule has 1 saturated carbocycles. The van der Waals surface area contributed by atoms with E-state index in [1.165, 1.54) is 0 Å². The second-order valence-corrected chi connectivity index (χ2v) is 7.07. The Morgan fingerprint density at radius 2 is 1.83 bits per heavy atom. The maximum atomic E-state index is 13.1. The van der Waals surface area contributed by atoms with Crippen LogP contribution in [0.25, 0.3) is 0 Å². The maximum absolute atomic E-state index is 13.1. The summed E-state index contributed by atoms with van der Waals surface area (Å²) in [7, 11) is 0. The summed E-state index contributed by atoms with van der Waals surface area (Å²) in [5.74, 6) is -0.114. The number of likely N-dealkylation sites (tertiary alicyclic amines) is 1. The Hall–Kier alpha value is -1.23. The minimum atomic E-state index is -1.39. The summed E-state index contributed by atoms with van der Waals surface area (Å²) >= 11 is 0. The number of carbonyl (C=O) groups excluding carboxylic acids is 1. The van der Waals surface area contributed by atoms with Gasteiger partial charge in [-0.05, 0) is 43.7 Å². The smallest absolute Gasteiger partial charge is 0.183 e. The summed E-state index contributed by atoms with van der Waals surface area (Å²) in [5.41, 5.74) is -0.672. The predicted molar refractivity (Wildman–Crippen MR) is 89.0 cm³/mol. The Balaban J connectivity index is 1.81. The van der Waals surface area contributed by atoms with Crippen LogP contribution in [0.1, 0.15) is 44.1 Å². The minimum Gasteiger partial charge on any atom is -0.392 e. The average Bonchev–Trinajstić information content (AvgIpc) is 3.10. The van der Waals surface area contributed by atoms with Crippen LogP contribution in [-0.2, 0) is 10.4 Å². The lowest BCUT2D eigenvalue weighted by atomic mass is 9.76. The fourth-order valence-electron chi connectivity index (χ4n) is 4.16. The van der Waals surface area contributed by atoms with E-state index >= 15 is 0 Å². The van der Waals surface area contributed by atoms with Crippen LogP contribution in [0, 0.1) is 5.92 Å². The van der Waals surface area contributed by atoms with Gasteiger partial charge in [-0.3, -0.25) is 9.69 Å². The SMILES string of the molecule is O=C(CN1CCCC(O)C1)C(O)(c1ccccc1)C1CCCC1. The topological polar surface area (TPSA) is 60.8 Å². The zero-order valence-corrected chi connectivity index (χ0v) is 13.7. The lowest BCUT2D eigenvalue weighted by molar-refractivity contribution is -0.146. The van der Waals surface area contributed by atoms with Crippen molar-refractivity contribution in [2.24, 2.45) is 5.92 Å². The second kappa shape index (κ2) is 7.12. The molecule has 1 aliphatic heterocycles. The number of aliphatic hydroxyl groups is 2. The maximum Gasteiger partial charge on any atom is 0.183 e. The highest BCUT2D eigenvalue weighted by atomic mass is 16.3. The Morgan fingerprint density at radius 3 is 2.48 bits per heavy atom. The summed E-state index contributed by atoms with van der Waals surface area (Å²) in [6, 6.07) is 9.40. The highest BCUT2D eigenvalue weighted by Gasteiger charge is 2.46. The molecule has 1 aliphatic carbocycles. The number of nitrogens with zero attached hydrogens (tertiary/aromatic N) is 1. The lowest BCUT2D eigenvalue weighted by Crippen LogP contribution is -2.50. The highest BCUT2D eigenvalue weighted by molar-refractivity contribution is 5.90. The molecule has 0 spiro atoms. The molecule has 2 atom stereocenters. The number of β-amino-alcohol motifs (C(OH)–C–C–N with tert-alkyl or cyclic N) is 1. The van der Waals surface area contributed by atoms with E-state index in [-0.39, 0.29) is 24.3 Å². The number of ketones is 1. The molecule has 1 aromatic carbocycles. The molecule has 0 aromatic heterocycles. The molecular formula is C19H27NO3. The molecule has 2 N–H and O–H groups in total. The van der Waals surface area contributed by atoms with Crippen molar-refractivity contribution in [2.75, 3.05) is 19.6 Å². The van der Waals surface area contributed by atoms with Crippen molar-refractivity contribution in [2.45, 2.75) is 50.2 Å². The number of hydrogen-bond donors (Lipinski definition) is 2. The van der Waals surface area contributed by atoms with E-state index < -0.39 is 5.60 Å². The summed E-state index contributed by atoms with van der Waals surface area (Å²) < 4.78 is 0. The van der Waals surface area contributed by atoms with E-state index in [4.69, 9.17) is 0 Å². The molecule has 2 unspecified atom stereocenters. The van der Waals surface area contributed by atoms with Crippen LogP contribution in [0.5, 0.6) is 0 Å². The van der Waals surface area contributed by atoms with E-state index in [1.807, 2.05) is 35.2 Å². The van der Waals surface area contributed by atoms with Crippen LogP contribution in [0.15, 0.2) is 30.3 Å². The summed E-state index contributed by atoms with van der Waals surface area (Å²) in [6.45, 7) is 1.57. The number of hydrogen-bond acceptors (Lipinski definition) is 4. The van der Waals surface area contributed by atoms with Crippen LogP contribution in [-0.4, -0.2) is 46.6 Å². The van der Waals surface area contributed by atoms with Crippen molar-refractivity contribution >= 4 is 5.78 Å². The average molecular weight is 317 g/mol. The zero-order chi connectivity index (χ0) is 16.3. The first-order valence-electron chi connectivity index (χ1n) is 8.82. The monoisotopic (exact) mass is 317 g/mol. The first-order chi connectivity index (χ1) is 11.1. The highest BCUT2D eigenvalue weighted by Crippen LogP contribution is 2.41. The van der Waals surface area contributed by atoms with Crippen molar-refractivity contribution in [3.05, 3.63) is 35.9 Å². The molecule has 0 amide bonds. The molecule has 1 saturated heterocycles. The number of carbonyl (C=O) groups is 1. The van der Waals surface area contributed by atoms with Crippen molar-refractivity contribution in [1.29, 1.82) is 0 Å². The van der Waals surface area contributed by atoms with Crippen LogP contribution < -0.4 is 0 Å². The van der Waals surface area contributed by atoms with Gasteiger partial charge in [-0.15, -0.1) is 0 Å². The van der Waals surface area contributed by atoms with Gasteiger partial charge in [0, 0.05) is 6.54 Å². The fraction of sp³-hybridized carbons (Fsp3) is 0.632. The molecule has 4 heteroatoms. The Morgan fingerprint density at radius 1 is 1.13 bits per heavy atom. The van der Waals surface area contributed by atoms with Gasteiger partial charge in [0.25, 0.3) is 0 Å². The van der Waals surface area contributed by atoms with E-state index in [1.54, 1.807) is 0 Å². The second-order valence-electron chi connectivity index (χ2n) is 7.07. The van der Waals surface area contributed by atoms with Crippen LogP contribution >= 0.6 is 0 Å². The van der Waals surface area contributed by atoms with Crippen LogP contribution in [0.4, 0.5) is 0 Å². The van der Waals surface area contributed by atoms with Crippen molar-refractivity contribution in [3.63, 3.8) is 0 Å². The number of benzene rings is 1. The van der Waals surface area contributed by atoms with Gasteiger partial charge in [-0.2, -0.15) is 0 Å². The van der Waals surface area contributed by atoms with Crippen molar-refractivity contribution in [1.82, 2.24) is 4.90 Å². The molecule has 3 rings (SSSR count). The third-order valence-corrected chi connectivity index (χ3v) is 5.43. The van der Waals surface area contributed by atoms with E-state index in [0.29, 0.717) is 6.54 Å². The van der Waals surface area contributed by atoms with Crippen LogP contribution in [0.2, 0.25) is 0 Å². The number of rotatable bonds is 5. The van der Waals surface area contributed by atoms with Gasteiger partial charge in [-0.25, -0.2) is 0 Å². The van der Waals surface area contributed by atoms with Crippen molar-refractivity contribution < 1.29 is 15.0 Å². The Kier molecular flexibility index (Phi) is 5.14. The van der Waals surface area contributed by atoms with E-state index in [9.17, 15) is 15.0 Å². The van der Waals surface area contributed by atoms with Gasteiger partial charge in [0.15, 0.2) is 11.4 Å². The molecular weight excluding hydrogens is 290 g/mol. The molecule has 1 heterocycles. The first-order valence-corrected chi connectivity index (χ1v) is 8.82. The van der Waals surface area contributed by atoms with E-state index in [0.717, 1.165) is 50.6 Å². The quantitative estimate of drug-likeness (QED) is 0.873. The molecule has 2 aliphatic rings. The molecule has 23 heavy (non-hydrogen) atoms. The standard InChI is InChI=1S/C19H27NO3/c21-17-11-6-12-20(13-17)14-18(22)19(23,16-9-4-5-10-16)15-7-2-1-3-8-15/h1-3,7-8,16-17,21,23H,4-6,9-14H2. The molecule has 126 valence electrons. The summed E-state index contributed by atoms with van der Waals surface area (Å²) in [5, 5.41) is 21.2. The van der Waals surface area contributed by atoms with Gasteiger partial charge in [-0.1, -0.05) is 43.2 Å². The third-order valence-electron chi connectivity index (χ3n) is 5.43. The van der Waals surface area contributed by atoms with Crippen LogP contribution in [0.3, 0.4) is 0 Å². The number of aliphatic hydroxyl groups excluding tert-OH is 1. The summed E-state index contributed by atoms with van der Waals surface area (Å²) in [6.07, 6.45) is 5.32. The van der Waals surface area contributed by atoms with Gasteiger partial charge in [0.05, 0.1) is 12.6 Å². The number of piperidine rings is 1. The molecule has 4 nitrogen and oxygen atoms in total. The Bertz CT molecular complexity index is 527. The number of Topliss-reactive ketones (excluding diaryl/α,β-unsaturated/α-hetero) is 1. The molecule has 0 radical (unpaired) electrons. The molecule has 1 aromatic rings. The van der Waals surface area contributed by atoms with Crippen molar-refractivity contribution in [3.8, 4) is 0 Å². The lowest BCUT2D eigenvalue weighted by Gasteiger charge is -2.36. The first kappa shape index (κ1) is 16.6. The normalized spacial score (nSPS) is 26.1. The Labute approximate surface area is 138 Å². The molecule has 0 bridgehead atoms. The predicted octanol–water partition coefficient (Wildman–Crippen LogP) is 2.09. The fourth-order valence-corrected chi connectivity index (χ4v) is 4.16. The van der Waals surface area contributed by atoms with Gasteiger partial charge in [0.2, 0.25) is 0 Å². The largest absolute Gasteiger partial charge is 0.392 e. The van der Waals surface area contributed by atoms with Gasteiger partial charge >= 0.3 is 0 Å². The minimum absolute atomic E-state index is 0.00659. The zero-order valence-electron chi connectivity index (χ0n) is 13.7. The van der Waals surface area contributed by atoms with Gasteiger partial charge < -0.3 is 10.2 Å². The molecule has 2 fully saturated rings. The summed E-state index contributed by atoms with van der Waals surface area (Å²) in [4.78, 5) is 15.0. The third kappa shape index (κ3) is 3.49. The van der Waals surface area contributed by atoms with E-state index in [2.05, 4.69) is 0 Å².